The van der Waals surface area contributed by atoms with Gasteiger partial charge in [0.25, 0.3) is 0 Å². The normalized spacial score (nSPS) is 13.4. The molecule has 0 amide bonds. The number of H-pyrrole nitrogens is 1. The molecule has 19 heavy (non-hydrogen) atoms. The van der Waals surface area contributed by atoms with Crippen LogP contribution in [0.2, 0.25) is 0 Å². The van der Waals surface area contributed by atoms with E-state index < -0.39 is 27.7 Å². The van der Waals surface area contributed by atoms with Crippen molar-refractivity contribution >= 4 is 10.0 Å². The molecule has 0 aliphatic rings. The molecule has 0 radical (unpaired) electrons. The Labute approximate surface area is 108 Å². The average molecular weight is 287 g/mol. The van der Waals surface area contributed by atoms with E-state index in [0.717, 1.165) is 24.4 Å². The van der Waals surface area contributed by atoms with Crippen molar-refractivity contribution in [3.05, 3.63) is 47.8 Å². The largest absolute Gasteiger partial charge is 0.284 e. The smallest absolute Gasteiger partial charge is 0.244 e. The van der Waals surface area contributed by atoms with Crippen molar-refractivity contribution in [1.82, 2.24) is 14.9 Å². The van der Waals surface area contributed by atoms with Crippen molar-refractivity contribution in [3.63, 3.8) is 0 Å². The van der Waals surface area contributed by atoms with Crippen molar-refractivity contribution in [3.8, 4) is 0 Å². The zero-order valence-corrected chi connectivity index (χ0v) is 10.7. The van der Waals surface area contributed by atoms with Gasteiger partial charge in [-0.05, 0) is 25.1 Å². The van der Waals surface area contributed by atoms with Gasteiger partial charge in [-0.25, -0.2) is 21.9 Å². The van der Waals surface area contributed by atoms with Crippen molar-refractivity contribution in [1.29, 1.82) is 0 Å². The average Bonchev–Trinajstić information content (AvgIpc) is 2.86. The number of hydrogen-bond donors (Lipinski definition) is 2. The number of rotatable bonds is 4. The second-order valence-electron chi connectivity index (χ2n) is 3.94. The van der Waals surface area contributed by atoms with Crippen molar-refractivity contribution in [2.45, 2.75) is 17.9 Å². The Balaban J connectivity index is 2.26. The highest BCUT2D eigenvalue weighted by Gasteiger charge is 2.21. The van der Waals surface area contributed by atoms with Crippen LogP contribution in [0.1, 0.15) is 18.5 Å². The van der Waals surface area contributed by atoms with Gasteiger partial charge < -0.3 is 0 Å². The van der Waals surface area contributed by atoms with Gasteiger partial charge in [-0.2, -0.15) is 5.10 Å². The summed E-state index contributed by atoms with van der Waals surface area (Å²) in [7, 11) is -3.83. The first-order chi connectivity index (χ1) is 8.90. The van der Waals surface area contributed by atoms with E-state index in [2.05, 4.69) is 14.9 Å². The molecule has 2 rings (SSSR count). The highest BCUT2D eigenvalue weighted by atomic mass is 32.2. The molecule has 1 atom stereocenters. The number of halogens is 2. The summed E-state index contributed by atoms with van der Waals surface area (Å²) in [5, 5.41) is 5.89. The molecule has 0 spiro atoms. The maximum absolute atomic E-state index is 13.5. The van der Waals surface area contributed by atoms with Crippen molar-refractivity contribution in [2.24, 2.45) is 0 Å². The molecule has 2 aromatic rings. The van der Waals surface area contributed by atoms with Crippen molar-refractivity contribution < 1.29 is 17.2 Å². The molecule has 102 valence electrons. The van der Waals surface area contributed by atoms with Crippen LogP contribution < -0.4 is 4.72 Å². The van der Waals surface area contributed by atoms with Crippen LogP contribution in [0.5, 0.6) is 0 Å². The van der Waals surface area contributed by atoms with Crippen LogP contribution in [0.25, 0.3) is 0 Å². The standard InChI is InChI=1S/C11H11F2N3O2S/c1-7(10-4-8(12)2-3-11(10)13)16-19(17,18)9-5-14-15-6-9/h2-7,16H,1H3,(H,14,15). The number of hydrogen-bond acceptors (Lipinski definition) is 3. The van der Waals surface area contributed by atoms with Gasteiger partial charge in [0.15, 0.2) is 0 Å². The van der Waals surface area contributed by atoms with Gasteiger partial charge >= 0.3 is 0 Å². The van der Waals surface area contributed by atoms with E-state index in [1.807, 2.05) is 0 Å². The van der Waals surface area contributed by atoms with E-state index in [-0.39, 0.29) is 10.5 Å². The highest BCUT2D eigenvalue weighted by molar-refractivity contribution is 7.89. The molecule has 0 saturated carbocycles. The summed E-state index contributed by atoms with van der Waals surface area (Å²) >= 11 is 0. The maximum atomic E-state index is 13.5. The third kappa shape index (κ3) is 2.96. The number of sulfonamides is 1. The summed E-state index contributed by atoms with van der Waals surface area (Å²) < 4.78 is 52.6. The molecule has 8 heteroatoms. The van der Waals surface area contributed by atoms with E-state index in [1.165, 1.54) is 13.1 Å². The van der Waals surface area contributed by atoms with Gasteiger partial charge in [-0.1, -0.05) is 0 Å². The van der Waals surface area contributed by atoms with Crippen LogP contribution in [0.3, 0.4) is 0 Å². The SMILES string of the molecule is CC(NS(=O)(=O)c1cn[nH]c1)c1cc(F)ccc1F. The molecule has 1 aromatic heterocycles. The molecule has 0 saturated heterocycles. The first-order valence-electron chi connectivity index (χ1n) is 5.36. The van der Waals surface area contributed by atoms with E-state index in [1.54, 1.807) is 0 Å². The van der Waals surface area contributed by atoms with E-state index in [4.69, 9.17) is 0 Å². The zero-order valence-electron chi connectivity index (χ0n) is 9.89. The molecule has 1 unspecified atom stereocenters. The summed E-state index contributed by atoms with van der Waals surface area (Å²) in [5.41, 5.74) is -0.0629. The fraction of sp³-hybridized carbons (Fsp3) is 0.182. The molecular formula is C11H11F2N3O2S. The maximum Gasteiger partial charge on any atom is 0.244 e. The Morgan fingerprint density at radius 2 is 2.11 bits per heavy atom. The fourth-order valence-corrected chi connectivity index (χ4v) is 2.72. The second-order valence-corrected chi connectivity index (χ2v) is 5.66. The first kappa shape index (κ1) is 13.6. The predicted octanol–water partition coefficient (Wildman–Crippen LogP) is 1.73. The number of aromatic amines is 1. The summed E-state index contributed by atoms with van der Waals surface area (Å²) in [6, 6.07) is 1.97. The molecular weight excluding hydrogens is 276 g/mol. The number of nitrogens with zero attached hydrogens (tertiary/aromatic N) is 1. The minimum absolute atomic E-state index is 0.0629. The van der Waals surface area contributed by atoms with Gasteiger partial charge in [0, 0.05) is 17.8 Å². The fourth-order valence-electron chi connectivity index (χ4n) is 1.60. The lowest BCUT2D eigenvalue weighted by Gasteiger charge is -2.14. The minimum Gasteiger partial charge on any atom is -0.284 e. The van der Waals surface area contributed by atoms with Crippen LogP contribution >= 0.6 is 0 Å². The number of aromatic nitrogens is 2. The zero-order chi connectivity index (χ0) is 14.0. The number of benzene rings is 1. The van der Waals surface area contributed by atoms with Gasteiger partial charge in [0.05, 0.1) is 6.20 Å². The van der Waals surface area contributed by atoms with Gasteiger partial charge in [0.2, 0.25) is 10.0 Å². The predicted molar refractivity (Wildman–Crippen MR) is 63.7 cm³/mol. The van der Waals surface area contributed by atoms with Crippen LogP contribution in [0.15, 0.2) is 35.5 Å². The van der Waals surface area contributed by atoms with Crippen molar-refractivity contribution in [2.75, 3.05) is 0 Å². The van der Waals surface area contributed by atoms with E-state index in [0.29, 0.717) is 0 Å². The van der Waals surface area contributed by atoms with Crippen LogP contribution in [0, 0.1) is 11.6 Å². The summed E-state index contributed by atoms with van der Waals surface area (Å²) in [4.78, 5) is -0.0730. The van der Waals surface area contributed by atoms with Crippen LogP contribution in [0.4, 0.5) is 8.78 Å². The molecule has 2 N–H and O–H groups in total. The lowest BCUT2D eigenvalue weighted by molar-refractivity contribution is 0.541. The minimum atomic E-state index is -3.83. The summed E-state index contributed by atoms with van der Waals surface area (Å²) in [6.07, 6.45) is 2.31. The van der Waals surface area contributed by atoms with Crippen LogP contribution in [-0.2, 0) is 10.0 Å². The lowest BCUT2D eigenvalue weighted by atomic mass is 10.1. The third-order valence-corrected chi connectivity index (χ3v) is 4.05. The topological polar surface area (TPSA) is 74.8 Å². The Hall–Kier alpha value is -1.80. The van der Waals surface area contributed by atoms with Gasteiger partial charge in [0.1, 0.15) is 16.5 Å². The number of nitrogens with one attached hydrogen (secondary N) is 2. The van der Waals surface area contributed by atoms with Crippen LogP contribution in [-0.4, -0.2) is 18.6 Å². The molecule has 0 aliphatic carbocycles. The lowest BCUT2D eigenvalue weighted by Crippen LogP contribution is -2.27. The quantitative estimate of drug-likeness (QED) is 0.899. The summed E-state index contributed by atoms with van der Waals surface area (Å²) in [5.74, 6) is -1.31. The molecule has 0 aliphatic heterocycles. The second kappa shape index (κ2) is 5.06. The molecule has 5 nitrogen and oxygen atoms in total. The molecule has 0 bridgehead atoms. The molecule has 1 heterocycles. The Kier molecular flexibility index (Phi) is 3.63. The molecule has 1 aromatic carbocycles. The van der Waals surface area contributed by atoms with Gasteiger partial charge in [-0.3, -0.25) is 5.10 Å². The molecule has 0 fully saturated rings. The first-order valence-corrected chi connectivity index (χ1v) is 6.84. The Morgan fingerprint density at radius 1 is 1.37 bits per heavy atom. The Bertz CT molecular complexity index is 671. The highest BCUT2D eigenvalue weighted by Crippen LogP contribution is 2.20. The monoisotopic (exact) mass is 287 g/mol. The third-order valence-electron chi connectivity index (χ3n) is 2.54. The Morgan fingerprint density at radius 3 is 2.74 bits per heavy atom. The van der Waals surface area contributed by atoms with E-state index >= 15 is 0 Å². The van der Waals surface area contributed by atoms with E-state index in [9.17, 15) is 17.2 Å². The summed E-state index contributed by atoms with van der Waals surface area (Å²) in [6.45, 7) is 1.43. The van der Waals surface area contributed by atoms with Gasteiger partial charge in [-0.15, -0.1) is 0 Å².